The number of rotatable bonds is 7. The van der Waals surface area contributed by atoms with Crippen LogP contribution in [0.4, 0.5) is 6.01 Å². The molecule has 32 heavy (non-hydrogen) atoms. The molecule has 9 nitrogen and oxygen atoms in total. The quantitative estimate of drug-likeness (QED) is 0.344. The summed E-state index contributed by atoms with van der Waals surface area (Å²) in [7, 11) is 0. The molecule has 9 heteroatoms. The zero-order valence-corrected chi connectivity index (χ0v) is 16.9. The Balaban J connectivity index is 1.31. The smallest absolute Gasteiger partial charge is 0.374 e. The molecule has 0 atom stereocenters. The van der Waals surface area contributed by atoms with Crippen LogP contribution in [0.2, 0.25) is 0 Å². The van der Waals surface area contributed by atoms with Gasteiger partial charge in [0.1, 0.15) is 5.76 Å². The number of aromatic nitrogens is 2. The molecular formula is C23H17N3O6. The standard InChI is InChI=1S/C23H17N3O6/c1-14(27)15-7-9-16(10-8-15)18-11-12-19(31-18)22(29)30-13-20(28)24-23-26-25-21(32-23)17-5-3-2-4-6-17/h2-12H,13H2,1H3,(H,24,26,28). The number of furan rings is 1. The Kier molecular flexibility index (Phi) is 5.89. The van der Waals surface area contributed by atoms with Crippen molar-refractivity contribution in [3.8, 4) is 22.8 Å². The van der Waals surface area contributed by atoms with Crippen molar-refractivity contribution in [1.82, 2.24) is 10.2 Å². The van der Waals surface area contributed by atoms with E-state index in [1.54, 1.807) is 42.5 Å². The van der Waals surface area contributed by atoms with Crippen LogP contribution in [0.1, 0.15) is 27.8 Å². The Labute approximate surface area is 182 Å². The molecule has 4 rings (SSSR count). The highest BCUT2D eigenvalue weighted by Crippen LogP contribution is 2.23. The van der Waals surface area contributed by atoms with Crippen molar-refractivity contribution in [2.45, 2.75) is 6.92 Å². The van der Waals surface area contributed by atoms with E-state index in [2.05, 4.69) is 15.5 Å². The Morgan fingerprint density at radius 2 is 1.62 bits per heavy atom. The van der Waals surface area contributed by atoms with Crippen LogP contribution in [0.5, 0.6) is 0 Å². The van der Waals surface area contributed by atoms with E-state index in [1.165, 1.54) is 13.0 Å². The van der Waals surface area contributed by atoms with Gasteiger partial charge in [0.25, 0.3) is 5.91 Å². The third-order valence-electron chi connectivity index (χ3n) is 4.41. The average molecular weight is 431 g/mol. The van der Waals surface area contributed by atoms with Gasteiger partial charge in [0.15, 0.2) is 12.4 Å². The van der Waals surface area contributed by atoms with Crippen LogP contribution in [0.15, 0.2) is 75.6 Å². The molecular weight excluding hydrogens is 414 g/mol. The summed E-state index contributed by atoms with van der Waals surface area (Å²) in [5, 5.41) is 9.97. The van der Waals surface area contributed by atoms with Gasteiger partial charge in [0, 0.05) is 16.7 Å². The maximum Gasteiger partial charge on any atom is 0.374 e. The van der Waals surface area contributed by atoms with E-state index in [0.717, 1.165) is 0 Å². The molecule has 0 aliphatic carbocycles. The van der Waals surface area contributed by atoms with E-state index in [9.17, 15) is 14.4 Å². The van der Waals surface area contributed by atoms with E-state index in [4.69, 9.17) is 13.6 Å². The predicted octanol–water partition coefficient (Wildman–Crippen LogP) is 3.99. The summed E-state index contributed by atoms with van der Waals surface area (Å²) in [6.07, 6.45) is 0. The number of anilines is 1. The van der Waals surface area contributed by atoms with Gasteiger partial charge in [-0.3, -0.25) is 14.9 Å². The topological polar surface area (TPSA) is 125 Å². The summed E-state index contributed by atoms with van der Waals surface area (Å²) in [6, 6.07) is 18.8. The molecule has 1 N–H and O–H groups in total. The van der Waals surface area contributed by atoms with E-state index >= 15 is 0 Å². The lowest BCUT2D eigenvalue weighted by Crippen LogP contribution is -2.20. The number of amides is 1. The summed E-state index contributed by atoms with van der Waals surface area (Å²) in [5.41, 5.74) is 1.97. The first-order valence-corrected chi connectivity index (χ1v) is 9.57. The molecule has 0 bridgehead atoms. The number of benzene rings is 2. The maximum absolute atomic E-state index is 12.2. The van der Waals surface area contributed by atoms with Crippen molar-refractivity contribution in [3.63, 3.8) is 0 Å². The zero-order chi connectivity index (χ0) is 22.5. The van der Waals surface area contributed by atoms with Gasteiger partial charge in [-0.1, -0.05) is 47.6 Å². The van der Waals surface area contributed by atoms with Crippen LogP contribution in [0.25, 0.3) is 22.8 Å². The molecule has 0 fully saturated rings. The first-order chi connectivity index (χ1) is 15.5. The number of esters is 1. The van der Waals surface area contributed by atoms with E-state index in [-0.39, 0.29) is 23.4 Å². The lowest BCUT2D eigenvalue weighted by Gasteiger charge is -2.02. The van der Waals surface area contributed by atoms with Gasteiger partial charge in [0.05, 0.1) is 0 Å². The SMILES string of the molecule is CC(=O)c1ccc(-c2ccc(C(=O)OCC(=O)Nc3nnc(-c4ccccc4)o3)o2)cc1. The van der Waals surface area contributed by atoms with E-state index in [0.29, 0.717) is 22.5 Å². The van der Waals surface area contributed by atoms with Crippen LogP contribution in [-0.4, -0.2) is 34.5 Å². The summed E-state index contributed by atoms with van der Waals surface area (Å²) in [5.74, 6) is -0.883. The first kappa shape index (κ1) is 20.7. The van der Waals surface area contributed by atoms with E-state index < -0.39 is 18.5 Å². The fourth-order valence-electron chi connectivity index (χ4n) is 2.80. The van der Waals surface area contributed by atoms with Crippen molar-refractivity contribution >= 4 is 23.7 Å². The molecule has 0 saturated heterocycles. The second kappa shape index (κ2) is 9.09. The summed E-state index contributed by atoms with van der Waals surface area (Å²) >= 11 is 0. The number of hydrogen-bond acceptors (Lipinski definition) is 8. The number of nitrogens with one attached hydrogen (secondary N) is 1. The van der Waals surface area contributed by atoms with Gasteiger partial charge in [-0.2, -0.15) is 0 Å². The highest BCUT2D eigenvalue weighted by molar-refractivity contribution is 5.95. The monoisotopic (exact) mass is 431 g/mol. The van der Waals surface area contributed by atoms with Crippen molar-refractivity contribution in [1.29, 1.82) is 0 Å². The summed E-state index contributed by atoms with van der Waals surface area (Å²) in [4.78, 5) is 35.6. The molecule has 0 aliphatic rings. The molecule has 4 aromatic rings. The minimum atomic E-state index is -0.803. The fraction of sp³-hybridized carbons (Fsp3) is 0.0870. The molecule has 2 aromatic heterocycles. The normalized spacial score (nSPS) is 10.5. The Morgan fingerprint density at radius 1 is 0.875 bits per heavy atom. The second-order valence-corrected chi connectivity index (χ2v) is 6.70. The molecule has 0 spiro atoms. The predicted molar refractivity (Wildman–Crippen MR) is 113 cm³/mol. The van der Waals surface area contributed by atoms with Gasteiger partial charge in [-0.05, 0) is 31.2 Å². The number of hydrogen-bond donors (Lipinski definition) is 1. The van der Waals surface area contributed by atoms with Gasteiger partial charge in [-0.25, -0.2) is 4.79 Å². The molecule has 2 heterocycles. The minimum absolute atomic E-state index is 0.0460. The van der Waals surface area contributed by atoms with Gasteiger partial charge >= 0.3 is 12.0 Å². The molecule has 0 radical (unpaired) electrons. The molecule has 160 valence electrons. The molecule has 1 amide bonds. The van der Waals surface area contributed by atoms with Gasteiger partial charge < -0.3 is 13.6 Å². The van der Waals surface area contributed by atoms with Crippen molar-refractivity contribution in [3.05, 3.63) is 78.1 Å². The minimum Gasteiger partial charge on any atom is -0.450 e. The van der Waals surface area contributed by atoms with Crippen LogP contribution in [-0.2, 0) is 9.53 Å². The third kappa shape index (κ3) is 4.78. The molecule has 0 unspecified atom stereocenters. The number of carbonyl (C=O) groups is 3. The number of ether oxygens (including phenoxy) is 1. The maximum atomic E-state index is 12.2. The summed E-state index contributed by atoms with van der Waals surface area (Å²) in [6.45, 7) is 0.915. The third-order valence-corrected chi connectivity index (χ3v) is 4.41. The van der Waals surface area contributed by atoms with Gasteiger partial charge in [-0.15, -0.1) is 5.10 Å². The lowest BCUT2D eigenvalue weighted by molar-refractivity contribution is -0.119. The number of carbonyl (C=O) groups excluding carboxylic acids is 3. The Hall–Kier alpha value is -4.53. The summed E-state index contributed by atoms with van der Waals surface area (Å²) < 4.78 is 15.8. The van der Waals surface area contributed by atoms with Crippen molar-refractivity contribution in [2.24, 2.45) is 0 Å². The lowest BCUT2D eigenvalue weighted by atomic mass is 10.1. The van der Waals surface area contributed by atoms with Crippen LogP contribution < -0.4 is 5.32 Å². The number of Topliss-reactive ketones (excluding diaryl/α,β-unsaturated/α-hetero) is 1. The highest BCUT2D eigenvalue weighted by Gasteiger charge is 2.17. The number of nitrogens with zero attached hydrogens (tertiary/aromatic N) is 2. The number of ketones is 1. The Morgan fingerprint density at radius 3 is 2.34 bits per heavy atom. The zero-order valence-electron chi connectivity index (χ0n) is 16.9. The van der Waals surface area contributed by atoms with Crippen LogP contribution >= 0.6 is 0 Å². The van der Waals surface area contributed by atoms with Crippen molar-refractivity contribution < 1.29 is 28.0 Å². The van der Waals surface area contributed by atoms with Gasteiger partial charge in [0.2, 0.25) is 11.7 Å². The Bertz CT molecular complexity index is 1260. The van der Waals surface area contributed by atoms with Crippen LogP contribution in [0.3, 0.4) is 0 Å². The highest BCUT2D eigenvalue weighted by atomic mass is 16.5. The molecule has 0 saturated carbocycles. The molecule has 2 aromatic carbocycles. The average Bonchev–Trinajstić information content (AvgIpc) is 3.48. The van der Waals surface area contributed by atoms with Crippen LogP contribution in [0, 0.1) is 0 Å². The molecule has 0 aliphatic heterocycles. The van der Waals surface area contributed by atoms with E-state index in [1.807, 2.05) is 18.2 Å². The first-order valence-electron chi connectivity index (χ1n) is 9.57. The largest absolute Gasteiger partial charge is 0.450 e. The van der Waals surface area contributed by atoms with Crippen molar-refractivity contribution in [2.75, 3.05) is 11.9 Å². The second-order valence-electron chi connectivity index (χ2n) is 6.70. The fourth-order valence-corrected chi connectivity index (χ4v) is 2.80.